The fourth-order valence-electron chi connectivity index (χ4n) is 3.01. The molecule has 0 unspecified atom stereocenters. The van der Waals surface area contributed by atoms with E-state index in [1.54, 1.807) is 25.1 Å². The zero-order chi connectivity index (χ0) is 22.5. The molecule has 0 aliphatic heterocycles. The molecule has 0 spiro atoms. The van der Waals surface area contributed by atoms with Gasteiger partial charge in [0.1, 0.15) is 11.9 Å². The first-order valence-electron chi connectivity index (χ1n) is 9.61. The summed E-state index contributed by atoms with van der Waals surface area (Å²) >= 11 is 6.35. The number of aromatic amines is 1. The Hall–Kier alpha value is -3.50. The second-order valence-electron chi connectivity index (χ2n) is 6.84. The molecule has 2 aromatic carbocycles. The number of allylic oxidation sites excluding steroid dienone is 1. The minimum atomic E-state index is -0.508. The summed E-state index contributed by atoms with van der Waals surface area (Å²) in [5.74, 6) is 0.505. The van der Waals surface area contributed by atoms with Gasteiger partial charge in [-0.25, -0.2) is 9.78 Å². The maximum atomic E-state index is 11.6. The van der Waals surface area contributed by atoms with Gasteiger partial charge in [-0.2, -0.15) is 5.26 Å². The average Bonchev–Trinajstić information content (AvgIpc) is 3.13. The van der Waals surface area contributed by atoms with Crippen molar-refractivity contribution in [2.24, 2.45) is 0 Å². The van der Waals surface area contributed by atoms with Crippen molar-refractivity contribution in [1.29, 1.82) is 5.26 Å². The molecule has 0 saturated carbocycles. The van der Waals surface area contributed by atoms with Crippen LogP contribution in [0.4, 0.5) is 0 Å². The van der Waals surface area contributed by atoms with E-state index in [1.807, 2.05) is 26.0 Å². The summed E-state index contributed by atoms with van der Waals surface area (Å²) in [6.45, 7) is 5.72. The molecule has 160 valence electrons. The Morgan fingerprint density at radius 1 is 1.26 bits per heavy atom. The smallest absolute Gasteiger partial charge is 0.344 e. The number of aryl methyl sites for hydroxylation is 2. The third-order valence-corrected chi connectivity index (χ3v) is 4.96. The normalized spacial score (nSPS) is 11.3. The molecule has 0 fully saturated rings. The Balaban J connectivity index is 1.95. The molecule has 0 saturated heterocycles. The highest BCUT2D eigenvalue weighted by atomic mass is 35.5. The van der Waals surface area contributed by atoms with Gasteiger partial charge in [-0.15, -0.1) is 0 Å². The van der Waals surface area contributed by atoms with Gasteiger partial charge in [-0.05, 0) is 67.8 Å². The molecule has 0 amide bonds. The standard InChI is InChI=1S/C23H22ClN3O4/c1-5-30-21(28)12-31-22-17(24)9-15(10-20(22)29-4)8-16(11-25)23-26-18-6-13(2)14(3)7-19(18)27-23/h6-10H,5,12H2,1-4H3,(H,26,27)/b16-8-. The highest BCUT2D eigenvalue weighted by Gasteiger charge is 2.15. The number of imidazole rings is 1. The van der Waals surface area contributed by atoms with Crippen LogP contribution in [0.5, 0.6) is 11.5 Å². The Morgan fingerprint density at radius 3 is 2.68 bits per heavy atom. The Bertz CT molecular complexity index is 1170. The number of benzene rings is 2. The molecule has 0 aliphatic rings. The zero-order valence-electron chi connectivity index (χ0n) is 17.7. The first kappa shape index (κ1) is 22.2. The molecular formula is C23H22ClN3O4. The SMILES string of the molecule is CCOC(=O)COc1c(Cl)cc(/C=C(/C#N)c2nc3cc(C)c(C)cc3[nH]2)cc1OC. The van der Waals surface area contributed by atoms with Gasteiger partial charge >= 0.3 is 5.97 Å². The highest BCUT2D eigenvalue weighted by Crippen LogP contribution is 2.37. The zero-order valence-corrected chi connectivity index (χ0v) is 18.5. The number of ether oxygens (including phenoxy) is 3. The quantitative estimate of drug-likeness (QED) is 0.417. The number of rotatable bonds is 7. The Kier molecular flexibility index (Phi) is 6.83. The maximum Gasteiger partial charge on any atom is 0.344 e. The lowest BCUT2D eigenvalue weighted by molar-refractivity contribution is -0.145. The van der Waals surface area contributed by atoms with E-state index in [-0.39, 0.29) is 24.0 Å². The number of nitrogens with zero attached hydrogens (tertiary/aromatic N) is 2. The predicted octanol–water partition coefficient (Wildman–Crippen LogP) is 4.85. The van der Waals surface area contributed by atoms with Crippen LogP contribution in [0.25, 0.3) is 22.7 Å². The molecule has 0 bridgehead atoms. The van der Waals surface area contributed by atoms with Crippen LogP contribution in [-0.4, -0.2) is 36.3 Å². The van der Waals surface area contributed by atoms with Crippen LogP contribution in [0, 0.1) is 25.2 Å². The van der Waals surface area contributed by atoms with Crippen LogP contribution in [0.3, 0.4) is 0 Å². The number of H-pyrrole nitrogens is 1. The first-order valence-corrected chi connectivity index (χ1v) is 9.99. The topological polar surface area (TPSA) is 97.2 Å². The number of nitrogens with one attached hydrogen (secondary N) is 1. The molecule has 0 radical (unpaired) electrons. The third kappa shape index (κ3) is 4.98. The second kappa shape index (κ2) is 9.54. The molecule has 3 aromatic rings. The van der Waals surface area contributed by atoms with Crippen molar-refractivity contribution in [3.05, 3.63) is 51.8 Å². The number of fused-ring (bicyclic) bond motifs is 1. The highest BCUT2D eigenvalue weighted by molar-refractivity contribution is 6.32. The van der Waals surface area contributed by atoms with E-state index in [4.69, 9.17) is 25.8 Å². The number of halogens is 1. The molecule has 31 heavy (non-hydrogen) atoms. The van der Waals surface area contributed by atoms with Crippen LogP contribution < -0.4 is 9.47 Å². The van der Waals surface area contributed by atoms with Gasteiger partial charge in [-0.3, -0.25) is 0 Å². The minimum Gasteiger partial charge on any atom is -0.493 e. The number of methoxy groups -OCH3 is 1. The van der Waals surface area contributed by atoms with E-state index >= 15 is 0 Å². The maximum absolute atomic E-state index is 11.6. The van der Waals surface area contributed by atoms with Gasteiger partial charge in [-0.1, -0.05) is 11.6 Å². The number of hydrogen-bond donors (Lipinski definition) is 1. The Morgan fingerprint density at radius 2 is 2.00 bits per heavy atom. The minimum absolute atomic E-state index is 0.225. The molecule has 1 heterocycles. The van der Waals surface area contributed by atoms with Crippen molar-refractivity contribution < 1.29 is 19.0 Å². The van der Waals surface area contributed by atoms with E-state index in [1.165, 1.54) is 7.11 Å². The fourth-order valence-corrected chi connectivity index (χ4v) is 3.29. The van der Waals surface area contributed by atoms with Gasteiger partial charge in [0.15, 0.2) is 18.1 Å². The molecule has 1 N–H and O–H groups in total. The summed E-state index contributed by atoms with van der Waals surface area (Å²) < 4.78 is 15.7. The molecular weight excluding hydrogens is 418 g/mol. The lowest BCUT2D eigenvalue weighted by atomic mass is 10.1. The van der Waals surface area contributed by atoms with Gasteiger partial charge in [0.25, 0.3) is 0 Å². The van der Waals surface area contributed by atoms with E-state index in [0.717, 1.165) is 22.2 Å². The number of hydrogen-bond acceptors (Lipinski definition) is 6. The van der Waals surface area contributed by atoms with Crippen LogP contribution in [0.2, 0.25) is 5.02 Å². The van der Waals surface area contributed by atoms with Crippen LogP contribution in [0.1, 0.15) is 29.4 Å². The predicted molar refractivity (Wildman–Crippen MR) is 119 cm³/mol. The van der Waals surface area contributed by atoms with Crippen LogP contribution in [0.15, 0.2) is 24.3 Å². The van der Waals surface area contributed by atoms with Crippen molar-refractivity contribution in [2.45, 2.75) is 20.8 Å². The number of esters is 1. The number of aromatic nitrogens is 2. The molecule has 3 rings (SSSR count). The molecule has 0 aliphatic carbocycles. The van der Waals surface area contributed by atoms with E-state index in [2.05, 4.69) is 16.0 Å². The summed E-state index contributed by atoms with van der Waals surface area (Å²) in [6, 6.07) is 9.45. The van der Waals surface area contributed by atoms with E-state index in [0.29, 0.717) is 22.7 Å². The van der Waals surface area contributed by atoms with Crippen LogP contribution in [-0.2, 0) is 9.53 Å². The summed E-state index contributed by atoms with van der Waals surface area (Å²) in [5.41, 5.74) is 4.87. The lowest BCUT2D eigenvalue weighted by Crippen LogP contribution is -2.15. The largest absolute Gasteiger partial charge is 0.493 e. The average molecular weight is 440 g/mol. The number of nitriles is 1. The Labute approximate surface area is 185 Å². The van der Waals surface area contributed by atoms with Gasteiger partial charge in [0.2, 0.25) is 0 Å². The monoisotopic (exact) mass is 439 g/mol. The summed E-state index contributed by atoms with van der Waals surface area (Å²) in [4.78, 5) is 19.3. The second-order valence-corrected chi connectivity index (χ2v) is 7.24. The summed E-state index contributed by atoms with van der Waals surface area (Å²) in [5, 5.41) is 9.94. The lowest BCUT2D eigenvalue weighted by Gasteiger charge is -2.13. The summed E-state index contributed by atoms with van der Waals surface area (Å²) in [7, 11) is 1.46. The van der Waals surface area contributed by atoms with E-state index < -0.39 is 5.97 Å². The van der Waals surface area contributed by atoms with Gasteiger partial charge in [0, 0.05) is 0 Å². The number of carbonyl (C=O) groups excluding carboxylic acids is 1. The molecule has 8 heteroatoms. The van der Waals surface area contributed by atoms with Crippen molar-refractivity contribution in [1.82, 2.24) is 9.97 Å². The summed E-state index contributed by atoms with van der Waals surface area (Å²) in [6.07, 6.45) is 1.65. The molecule has 0 atom stereocenters. The van der Waals surface area contributed by atoms with Crippen molar-refractivity contribution in [3.8, 4) is 17.6 Å². The fraction of sp³-hybridized carbons (Fsp3) is 0.261. The number of carbonyl (C=O) groups is 1. The van der Waals surface area contributed by atoms with Crippen molar-refractivity contribution in [2.75, 3.05) is 20.3 Å². The first-order chi connectivity index (χ1) is 14.9. The molecule has 1 aromatic heterocycles. The molecule has 7 nitrogen and oxygen atoms in total. The van der Waals surface area contributed by atoms with Crippen LogP contribution >= 0.6 is 11.6 Å². The van der Waals surface area contributed by atoms with E-state index in [9.17, 15) is 10.1 Å². The van der Waals surface area contributed by atoms with Gasteiger partial charge < -0.3 is 19.2 Å². The third-order valence-electron chi connectivity index (χ3n) is 4.68. The van der Waals surface area contributed by atoms with Crippen molar-refractivity contribution in [3.63, 3.8) is 0 Å². The van der Waals surface area contributed by atoms with Gasteiger partial charge in [0.05, 0.1) is 35.3 Å². The van der Waals surface area contributed by atoms with Crippen molar-refractivity contribution >= 4 is 40.3 Å².